The molecule has 0 unspecified atom stereocenters. The van der Waals surface area contributed by atoms with Crippen LogP contribution in [0.15, 0.2) is 36.4 Å². The van der Waals surface area contributed by atoms with Crippen LogP contribution >= 0.6 is 11.3 Å². The standard InChI is InChI=1S/C15H12FNO5S/c1-21-15(20)17-13(18)8-22-14(19)12-7-6-11(23-12)9-2-4-10(16)5-3-9/h2-7H,8H2,1H3,(H,17,18,20). The van der Waals surface area contributed by atoms with E-state index in [1.165, 1.54) is 12.1 Å². The fourth-order valence-electron chi connectivity index (χ4n) is 1.62. The lowest BCUT2D eigenvalue weighted by atomic mass is 10.2. The van der Waals surface area contributed by atoms with Crippen LogP contribution < -0.4 is 5.32 Å². The van der Waals surface area contributed by atoms with Crippen molar-refractivity contribution >= 4 is 29.3 Å². The molecule has 23 heavy (non-hydrogen) atoms. The summed E-state index contributed by atoms with van der Waals surface area (Å²) in [6, 6.07) is 9.08. The molecule has 0 aliphatic carbocycles. The summed E-state index contributed by atoms with van der Waals surface area (Å²) < 4.78 is 21.9. The molecule has 1 aromatic heterocycles. The van der Waals surface area contributed by atoms with Crippen molar-refractivity contribution in [3.05, 3.63) is 47.1 Å². The largest absolute Gasteiger partial charge is 0.453 e. The molecule has 120 valence electrons. The number of halogens is 1. The molecular weight excluding hydrogens is 325 g/mol. The van der Waals surface area contributed by atoms with Gasteiger partial charge in [0.25, 0.3) is 5.91 Å². The summed E-state index contributed by atoms with van der Waals surface area (Å²) in [4.78, 5) is 35.0. The van der Waals surface area contributed by atoms with E-state index in [0.29, 0.717) is 0 Å². The van der Waals surface area contributed by atoms with Gasteiger partial charge in [-0.1, -0.05) is 12.1 Å². The Labute approximate surface area is 134 Å². The number of amides is 2. The topological polar surface area (TPSA) is 81.7 Å². The molecule has 2 aromatic rings. The quantitative estimate of drug-likeness (QED) is 0.867. The van der Waals surface area contributed by atoms with Crippen molar-refractivity contribution in [2.45, 2.75) is 0 Å². The average molecular weight is 337 g/mol. The number of nitrogens with one attached hydrogen (secondary N) is 1. The molecule has 0 fully saturated rings. The summed E-state index contributed by atoms with van der Waals surface area (Å²) in [5, 5.41) is 1.86. The Kier molecular flexibility index (Phi) is 5.42. The third-order valence-corrected chi connectivity index (χ3v) is 3.81. The number of alkyl carbamates (subject to hydrolysis) is 1. The Morgan fingerprint density at radius 1 is 1.13 bits per heavy atom. The number of thiophene rings is 1. The minimum absolute atomic E-state index is 0.287. The number of imide groups is 1. The predicted octanol–water partition coefficient (Wildman–Crippen LogP) is 2.59. The van der Waals surface area contributed by atoms with Crippen LogP contribution in [0, 0.1) is 5.82 Å². The first kappa shape index (κ1) is 16.6. The molecule has 0 bridgehead atoms. The van der Waals surface area contributed by atoms with Crippen LogP contribution in [0.1, 0.15) is 9.67 Å². The van der Waals surface area contributed by atoms with Crippen molar-refractivity contribution in [1.29, 1.82) is 0 Å². The van der Waals surface area contributed by atoms with Crippen LogP contribution in [-0.2, 0) is 14.3 Å². The third-order valence-electron chi connectivity index (χ3n) is 2.70. The van der Waals surface area contributed by atoms with Crippen molar-refractivity contribution in [1.82, 2.24) is 5.32 Å². The SMILES string of the molecule is COC(=O)NC(=O)COC(=O)c1ccc(-c2ccc(F)cc2)s1. The summed E-state index contributed by atoms with van der Waals surface area (Å²) in [6.45, 7) is -0.599. The van der Waals surface area contributed by atoms with Crippen LogP contribution in [0.4, 0.5) is 9.18 Å². The number of methoxy groups -OCH3 is 1. The Hall–Kier alpha value is -2.74. The van der Waals surface area contributed by atoms with Crippen LogP contribution in [0.5, 0.6) is 0 Å². The normalized spacial score (nSPS) is 10.0. The van der Waals surface area contributed by atoms with E-state index in [1.54, 1.807) is 24.3 Å². The van der Waals surface area contributed by atoms with E-state index in [9.17, 15) is 18.8 Å². The molecular formula is C15H12FNO5S. The van der Waals surface area contributed by atoms with E-state index in [2.05, 4.69) is 4.74 Å². The highest BCUT2D eigenvalue weighted by Gasteiger charge is 2.15. The highest BCUT2D eigenvalue weighted by atomic mass is 32.1. The first-order chi connectivity index (χ1) is 11.0. The van der Waals surface area contributed by atoms with Crippen molar-refractivity contribution in [3.8, 4) is 10.4 Å². The zero-order valence-electron chi connectivity index (χ0n) is 12.0. The fraction of sp³-hybridized carbons (Fsp3) is 0.133. The zero-order valence-corrected chi connectivity index (χ0v) is 12.8. The van der Waals surface area contributed by atoms with Crippen LogP contribution in [-0.4, -0.2) is 31.7 Å². The summed E-state index contributed by atoms with van der Waals surface area (Å²) in [5.41, 5.74) is 0.763. The Balaban J connectivity index is 1.95. The van der Waals surface area contributed by atoms with Crippen molar-refractivity contribution in [3.63, 3.8) is 0 Å². The van der Waals surface area contributed by atoms with Gasteiger partial charge in [-0.2, -0.15) is 0 Å². The van der Waals surface area contributed by atoms with Gasteiger partial charge < -0.3 is 9.47 Å². The molecule has 1 N–H and O–H groups in total. The summed E-state index contributed by atoms with van der Waals surface area (Å²) in [7, 11) is 1.11. The third kappa shape index (κ3) is 4.62. The van der Waals surface area contributed by atoms with E-state index in [0.717, 1.165) is 28.9 Å². The Morgan fingerprint density at radius 2 is 1.83 bits per heavy atom. The Bertz CT molecular complexity index is 726. The van der Waals surface area contributed by atoms with Gasteiger partial charge in [-0.25, -0.2) is 14.0 Å². The van der Waals surface area contributed by atoms with Gasteiger partial charge in [0.15, 0.2) is 6.61 Å². The number of benzene rings is 1. The molecule has 1 heterocycles. The second kappa shape index (κ2) is 7.50. The van der Waals surface area contributed by atoms with E-state index >= 15 is 0 Å². The molecule has 0 aliphatic heterocycles. The Morgan fingerprint density at radius 3 is 2.48 bits per heavy atom. The molecule has 0 spiro atoms. The second-order valence-corrected chi connectivity index (χ2v) is 5.37. The van der Waals surface area contributed by atoms with Gasteiger partial charge in [-0.15, -0.1) is 11.3 Å². The lowest BCUT2D eigenvalue weighted by molar-refractivity contribution is -0.123. The molecule has 8 heteroatoms. The minimum Gasteiger partial charge on any atom is -0.453 e. The highest BCUT2D eigenvalue weighted by Crippen LogP contribution is 2.28. The number of carbonyl (C=O) groups excluding carboxylic acids is 3. The van der Waals surface area contributed by atoms with Crippen LogP contribution in [0.2, 0.25) is 0 Å². The maximum absolute atomic E-state index is 12.9. The molecule has 1 aromatic carbocycles. The van der Waals surface area contributed by atoms with Gasteiger partial charge >= 0.3 is 12.1 Å². The van der Waals surface area contributed by atoms with Crippen LogP contribution in [0.25, 0.3) is 10.4 Å². The molecule has 0 atom stereocenters. The van der Waals surface area contributed by atoms with Gasteiger partial charge in [-0.3, -0.25) is 10.1 Å². The van der Waals surface area contributed by atoms with E-state index in [4.69, 9.17) is 4.74 Å². The van der Waals surface area contributed by atoms with Crippen molar-refractivity contribution in [2.24, 2.45) is 0 Å². The average Bonchev–Trinajstić information content (AvgIpc) is 3.03. The maximum atomic E-state index is 12.9. The number of rotatable bonds is 4. The number of hydrogen-bond acceptors (Lipinski definition) is 6. The van der Waals surface area contributed by atoms with E-state index < -0.39 is 24.6 Å². The summed E-state index contributed by atoms with van der Waals surface area (Å²) >= 11 is 1.15. The van der Waals surface area contributed by atoms with Gasteiger partial charge in [0.1, 0.15) is 10.7 Å². The number of ether oxygens (including phenoxy) is 2. The monoisotopic (exact) mass is 337 g/mol. The van der Waals surface area contributed by atoms with Gasteiger partial charge in [-0.05, 0) is 29.8 Å². The van der Waals surface area contributed by atoms with Gasteiger partial charge in [0.2, 0.25) is 0 Å². The van der Waals surface area contributed by atoms with Crippen molar-refractivity contribution < 1.29 is 28.2 Å². The smallest absolute Gasteiger partial charge is 0.413 e. The number of esters is 1. The van der Waals surface area contributed by atoms with Crippen molar-refractivity contribution in [2.75, 3.05) is 13.7 Å². The highest BCUT2D eigenvalue weighted by molar-refractivity contribution is 7.17. The maximum Gasteiger partial charge on any atom is 0.413 e. The summed E-state index contributed by atoms with van der Waals surface area (Å²) in [5.74, 6) is -1.83. The second-order valence-electron chi connectivity index (χ2n) is 4.29. The first-order valence-corrected chi connectivity index (χ1v) is 7.22. The lowest BCUT2D eigenvalue weighted by Gasteiger charge is -2.03. The summed E-state index contributed by atoms with van der Waals surface area (Å²) in [6.07, 6.45) is -0.930. The van der Waals surface area contributed by atoms with Gasteiger partial charge in [0, 0.05) is 4.88 Å². The lowest BCUT2D eigenvalue weighted by Crippen LogP contribution is -2.33. The van der Waals surface area contributed by atoms with Crippen LogP contribution in [0.3, 0.4) is 0 Å². The predicted molar refractivity (Wildman–Crippen MR) is 80.5 cm³/mol. The zero-order chi connectivity index (χ0) is 16.8. The molecule has 0 aliphatic rings. The van der Waals surface area contributed by atoms with Gasteiger partial charge in [0.05, 0.1) is 7.11 Å². The first-order valence-electron chi connectivity index (χ1n) is 6.40. The molecule has 0 saturated heterocycles. The molecule has 0 saturated carbocycles. The molecule has 2 amide bonds. The molecule has 0 radical (unpaired) electrons. The minimum atomic E-state index is -0.930. The number of hydrogen-bond donors (Lipinski definition) is 1. The number of carbonyl (C=O) groups is 3. The fourth-order valence-corrected chi connectivity index (χ4v) is 2.53. The van der Waals surface area contributed by atoms with E-state index in [-0.39, 0.29) is 10.7 Å². The van der Waals surface area contributed by atoms with E-state index in [1.807, 2.05) is 5.32 Å². The molecule has 6 nitrogen and oxygen atoms in total. The molecule has 2 rings (SSSR count).